The molecular weight excluding hydrogens is 404 g/mol. The van der Waals surface area contributed by atoms with Crippen LogP contribution in [0.4, 0.5) is 5.69 Å². The van der Waals surface area contributed by atoms with Crippen LogP contribution in [-0.2, 0) is 24.8 Å². The molecule has 11 heteroatoms. The van der Waals surface area contributed by atoms with Gasteiger partial charge in [0.05, 0.1) is 16.3 Å². The first-order valence-electron chi connectivity index (χ1n) is 9.37. The monoisotopic (exact) mass is 430 g/mol. The van der Waals surface area contributed by atoms with Crippen molar-refractivity contribution >= 4 is 31.6 Å². The molecule has 0 aromatic heterocycles. The Labute approximate surface area is 165 Å². The van der Waals surface area contributed by atoms with Gasteiger partial charge in [0.2, 0.25) is 26.0 Å². The van der Waals surface area contributed by atoms with E-state index in [-0.39, 0.29) is 28.5 Å². The number of rotatable bonds is 8. The second kappa shape index (κ2) is 8.36. The minimum atomic E-state index is -3.50. The Morgan fingerprint density at radius 1 is 1.04 bits per heavy atom. The van der Waals surface area contributed by atoms with Crippen LogP contribution < -0.4 is 15.6 Å². The third-order valence-corrected chi connectivity index (χ3v) is 8.39. The first kappa shape index (κ1) is 21.0. The summed E-state index contributed by atoms with van der Waals surface area (Å²) in [6.45, 7) is 2.29. The number of hydrogen-bond acceptors (Lipinski definition) is 6. The largest absolute Gasteiger partial charge is 0.299 e. The SMILES string of the molecule is CCS(=O)(=O)N1CCC(C(=O)NNc2ccc(S(=O)(=O)NC3CC3)cc2)CC1. The second-order valence-electron chi connectivity index (χ2n) is 7.11. The number of nitrogens with zero attached hydrogens (tertiary/aromatic N) is 1. The van der Waals surface area contributed by atoms with Crippen molar-refractivity contribution in [1.82, 2.24) is 14.5 Å². The summed E-state index contributed by atoms with van der Waals surface area (Å²) < 4.78 is 52.1. The fourth-order valence-corrected chi connectivity index (χ4v) is 5.46. The number of piperidine rings is 1. The third-order valence-electron chi connectivity index (χ3n) is 4.98. The highest BCUT2D eigenvalue weighted by Crippen LogP contribution is 2.23. The molecule has 2 aliphatic rings. The molecule has 0 bridgehead atoms. The highest BCUT2D eigenvalue weighted by Gasteiger charge is 2.30. The maximum absolute atomic E-state index is 12.3. The van der Waals surface area contributed by atoms with Crippen molar-refractivity contribution in [3.63, 3.8) is 0 Å². The number of sulfonamides is 2. The summed E-state index contributed by atoms with van der Waals surface area (Å²) in [5, 5.41) is 0. The number of benzene rings is 1. The number of hydrogen-bond donors (Lipinski definition) is 3. The fourth-order valence-electron chi connectivity index (χ4n) is 3.02. The van der Waals surface area contributed by atoms with Crippen molar-refractivity contribution in [2.45, 2.75) is 43.5 Å². The number of hydrazine groups is 1. The van der Waals surface area contributed by atoms with Crippen molar-refractivity contribution in [2.75, 3.05) is 24.3 Å². The predicted molar refractivity (Wildman–Crippen MR) is 105 cm³/mol. The highest BCUT2D eigenvalue weighted by atomic mass is 32.2. The van der Waals surface area contributed by atoms with Gasteiger partial charge in [-0.15, -0.1) is 0 Å². The number of nitrogens with one attached hydrogen (secondary N) is 3. The van der Waals surface area contributed by atoms with Crippen molar-refractivity contribution < 1.29 is 21.6 Å². The number of carbonyl (C=O) groups is 1. The quantitative estimate of drug-likeness (QED) is 0.520. The molecule has 0 radical (unpaired) electrons. The first-order valence-corrected chi connectivity index (χ1v) is 12.5. The van der Waals surface area contributed by atoms with E-state index >= 15 is 0 Å². The van der Waals surface area contributed by atoms with Gasteiger partial charge in [-0.05, 0) is 56.9 Å². The number of amides is 1. The Balaban J connectivity index is 1.48. The topological polar surface area (TPSA) is 125 Å². The normalized spacial score (nSPS) is 19.3. The fraction of sp³-hybridized carbons (Fsp3) is 0.588. The molecule has 1 amide bonds. The van der Waals surface area contributed by atoms with E-state index in [0.29, 0.717) is 31.6 Å². The molecule has 156 valence electrons. The van der Waals surface area contributed by atoms with Gasteiger partial charge in [0.1, 0.15) is 0 Å². The molecule has 1 heterocycles. The van der Waals surface area contributed by atoms with Crippen molar-refractivity contribution in [2.24, 2.45) is 5.92 Å². The van der Waals surface area contributed by atoms with Gasteiger partial charge in [0.25, 0.3) is 0 Å². The lowest BCUT2D eigenvalue weighted by Crippen LogP contribution is -2.44. The molecule has 0 spiro atoms. The minimum Gasteiger partial charge on any atom is -0.299 e. The molecule has 9 nitrogen and oxygen atoms in total. The average molecular weight is 431 g/mol. The lowest BCUT2D eigenvalue weighted by molar-refractivity contribution is -0.125. The van der Waals surface area contributed by atoms with Crippen LogP contribution in [0.3, 0.4) is 0 Å². The lowest BCUT2D eigenvalue weighted by Gasteiger charge is -2.30. The van der Waals surface area contributed by atoms with Crippen LogP contribution in [-0.4, -0.2) is 51.9 Å². The van der Waals surface area contributed by atoms with E-state index < -0.39 is 20.0 Å². The van der Waals surface area contributed by atoms with E-state index in [1.54, 1.807) is 19.1 Å². The molecule has 1 aliphatic heterocycles. The maximum Gasteiger partial charge on any atom is 0.241 e. The summed E-state index contributed by atoms with van der Waals surface area (Å²) >= 11 is 0. The van der Waals surface area contributed by atoms with Gasteiger partial charge in [0, 0.05) is 25.0 Å². The maximum atomic E-state index is 12.3. The van der Waals surface area contributed by atoms with Gasteiger partial charge in [0.15, 0.2) is 0 Å². The molecule has 1 aliphatic carbocycles. The molecular formula is C17H26N4O5S2. The Morgan fingerprint density at radius 3 is 2.18 bits per heavy atom. The smallest absolute Gasteiger partial charge is 0.241 e. The minimum absolute atomic E-state index is 0.0424. The van der Waals surface area contributed by atoms with Crippen molar-refractivity contribution in [3.8, 4) is 0 Å². The summed E-state index contributed by atoms with van der Waals surface area (Å²) in [4.78, 5) is 12.5. The molecule has 28 heavy (non-hydrogen) atoms. The van der Waals surface area contributed by atoms with E-state index in [2.05, 4.69) is 15.6 Å². The molecule has 0 atom stereocenters. The average Bonchev–Trinajstić information content (AvgIpc) is 3.50. The third kappa shape index (κ3) is 5.22. The Bertz CT molecular complexity index is 903. The number of carbonyl (C=O) groups excluding carboxylic acids is 1. The predicted octanol–water partition coefficient (Wildman–Crippen LogP) is 0.632. The second-order valence-corrected chi connectivity index (χ2v) is 11.1. The van der Waals surface area contributed by atoms with Crippen LogP contribution in [0.15, 0.2) is 29.2 Å². The molecule has 1 saturated carbocycles. The lowest BCUT2D eigenvalue weighted by atomic mass is 9.98. The van der Waals surface area contributed by atoms with Crippen molar-refractivity contribution in [1.29, 1.82) is 0 Å². The molecule has 3 N–H and O–H groups in total. The van der Waals surface area contributed by atoms with Gasteiger partial charge in [-0.3, -0.25) is 15.6 Å². The molecule has 0 unspecified atom stereocenters. The first-order chi connectivity index (χ1) is 13.2. The van der Waals surface area contributed by atoms with Crippen LogP contribution in [0.2, 0.25) is 0 Å². The van der Waals surface area contributed by atoms with E-state index in [9.17, 15) is 21.6 Å². The molecule has 1 aromatic rings. The zero-order valence-corrected chi connectivity index (χ0v) is 17.4. The summed E-state index contributed by atoms with van der Waals surface area (Å²) in [7, 11) is -6.71. The molecule has 1 aromatic carbocycles. The number of anilines is 1. The highest BCUT2D eigenvalue weighted by molar-refractivity contribution is 7.89. The molecule has 3 rings (SSSR count). The van der Waals surface area contributed by atoms with Crippen LogP contribution in [0.1, 0.15) is 32.6 Å². The van der Waals surface area contributed by atoms with Gasteiger partial charge < -0.3 is 0 Å². The molecule has 2 fully saturated rings. The zero-order chi connectivity index (χ0) is 20.4. The van der Waals surface area contributed by atoms with Crippen LogP contribution in [0, 0.1) is 5.92 Å². The van der Waals surface area contributed by atoms with Gasteiger partial charge in [-0.1, -0.05) is 0 Å². The summed E-state index contributed by atoms with van der Waals surface area (Å²) in [6.07, 6.45) is 2.68. The van der Waals surface area contributed by atoms with E-state index in [4.69, 9.17) is 0 Å². The van der Waals surface area contributed by atoms with Crippen LogP contribution >= 0.6 is 0 Å². The van der Waals surface area contributed by atoms with E-state index in [1.807, 2.05) is 0 Å². The zero-order valence-electron chi connectivity index (χ0n) is 15.7. The van der Waals surface area contributed by atoms with Crippen LogP contribution in [0.5, 0.6) is 0 Å². The Morgan fingerprint density at radius 2 is 1.64 bits per heavy atom. The summed E-state index contributed by atoms with van der Waals surface area (Å²) in [5.41, 5.74) is 5.95. The Kier molecular flexibility index (Phi) is 6.28. The standard InChI is InChI=1S/C17H26N4O5S2/c1-2-27(23,24)21-11-9-13(10-12-21)17(22)19-18-14-5-7-16(8-6-14)28(25,26)20-15-3-4-15/h5-8,13,15,18,20H,2-4,9-12H2,1H3,(H,19,22). The van der Waals surface area contributed by atoms with Crippen molar-refractivity contribution in [3.05, 3.63) is 24.3 Å². The Hall–Kier alpha value is -1.69. The van der Waals surface area contributed by atoms with E-state index in [0.717, 1.165) is 12.8 Å². The molecule has 1 saturated heterocycles. The van der Waals surface area contributed by atoms with Crippen LogP contribution in [0.25, 0.3) is 0 Å². The summed E-state index contributed by atoms with van der Waals surface area (Å²) in [6, 6.07) is 6.16. The van der Waals surface area contributed by atoms with Gasteiger partial charge in [-0.25, -0.2) is 25.9 Å². The summed E-state index contributed by atoms with van der Waals surface area (Å²) in [5.74, 6) is -0.410. The van der Waals surface area contributed by atoms with E-state index in [1.165, 1.54) is 16.4 Å². The van der Waals surface area contributed by atoms with Gasteiger partial charge in [-0.2, -0.15) is 0 Å². The van der Waals surface area contributed by atoms with Gasteiger partial charge >= 0.3 is 0 Å².